The van der Waals surface area contributed by atoms with Crippen LogP contribution in [0, 0.1) is 3.57 Å². The molecule has 104 valence electrons. The Labute approximate surface area is 130 Å². The number of halogens is 1. The first kappa shape index (κ1) is 14.6. The largest absolute Gasteiger partial charge is 0.479 e. The second kappa shape index (κ2) is 6.60. The highest BCUT2D eigenvalue weighted by Gasteiger charge is 2.12. The third-order valence-electron chi connectivity index (χ3n) is 2.53. The van der Waals surface area contributed by atoms with Crippen LogP contribution in [0.4, 0.5) is 0 Å². The molecule has 2 rings (SSSR count). The van der Waals surface area contributed by atoms with Gasteiger partial charge in [-0.2, -0.15) is 0 Å². The van der Waals surface area contributed by atoms with E-state index in [2.05, 4.69) is 22.6 Å². The fourth-order valence-electron chi connectivity index (χ4n) is 1.48. The van der Waals surface area contributed by atoms with Gasteiger partial charge in [-0.1, -0.05) is 0 Å². The van der Waals surface area contributed by atoms with E-state index >= 15 is 0 Å². The molecule has 0 unspecified atom stereocenters. The molecule has 0 fully saturated rings. The number of aliphatic carboxylic acids is 1. The summed E-state index contributed by atoms with van der Waals surface area (Å²) in [5, 5.41) is 8.76. The van der Waals surface area contributed by atoms with Gasteiger partial charge in [-0.15, -0.1) is 0 Å². The van der Waals surface area contributed by atoms with Crippen molar-refractivity contribution in [3.8, 4) is 17.2 Å². The van der Waals surface area contributed by atoms with E-state index in [0.29, 0.717) is 11.5 Å². The summed E-state index contributed by atoms with van der Waals surface area (Å²) < 4.78 is 12.0. The van der Waals surface area contributed by atoms with E-state index in [0.717, 1.165) is 9.32 Å². The number of carboxylic acid groups (broad SMARTS) is 1. The SMILES string of the molecule is C[C@@H](Oc1ccc(Oc2ccc(I)cc2)cc1)C(=O)O. The zero-order valence-corrected chi connectivity index (χ0v) is 12.9. The lowest BCUT2D eigenvalue weighted by molar-refractivity contribution is -0.144. The van der Waals surface area contributed by atoms with Crippen molar-refractivity contribution in [2.45, 2.75) is 13.0 Å². The Bertz CT molecular complexity index is 578. The van der Waals surface area contributed by atoms with Crippen molar-refractivity contribution in [2.24, 2.45) is 0 Å². The van der Waals surface area contributed by atoms with Crippen LogP contribution < -0.4 is 9.47 Å². The van der Waals surface area contributed by atoms with E-state index in [4.69, 9.17) is 14.6 Å². The molecular formula is C15H13IO4. The van der Waals surface area contributed by atoms with Gasteiger partial charge in [0.05, 0.1) is 0 Å². The number of carboxylic acids is 1. The fourth-order valence-corrected chi connectivity index (χ4v) is 1.84. The van der Waals surface area contributed by atoms with Crippen LogP contribution in [0.2, 0.25) is 0 Å². The summed E-state index contributed by atoms with van der Waals surface area (Å²) in [5.41, 5.74) is 0. The molecular weight excluding hydrogens is 371 g/mol. The van der Waals surface area contributed by atoms with Crippen molar-refractivity contribution in [2.75, 3.05) is 0 Å². The van der Waals surface area contributed by atoms with Crippen molar-refractivity contribution < 1.29 is 19.4 Å². The second-order valence-electron chi connectivity index (χ2n) is 4.13. The minimum atomic E-state index is -0.996. The average molecular weight is 384 g/mol. The first-order chi connectivity index (χ1) is 9.54. The summed E-state index contributed by atoms with van der Waals surface area (Å²) in [6.07, 6.45) is -0.877. The van der Waals surface area contributed by atoms with E-state index in [1.807, 2.05) is 24.3 Å². The third-order valence-corrected chi connectivity index (χ3v) is 3.25. The molecule has 0 spiro atoms. The lowest BCUT2D eigenvalue weighted by atomic mass is 10.3. The maximum atomic E-state index is 10.7. The Morgan fingerprint density at radius 2 is 1.45 bits per heavy atom. The van der Waals surface area contributed by atoms with Crippen LogP contribution in [-0.2, 0) is 4.79 Å². The molecule has 0 saturated carbocycles. The molecule has 0 radical (unpaired) electrons. The van der Waals surface area contributed by atoms with Gasteiger partial charge in [0, 0.05) is 3.57 Å². The maximum Gasteiger partial charge on any atom is 0.344 e. The summed E-state index contributed by atoms with van der Waals surface area (Å²) in [5.74, 6) is 0.915. The zero-order valence-electron chi connectivity index (χ0n) is 10.7. The van der Waals surface area contributed by atoms with Gasteiger partial charge in [0.1, 0.15) is 17.2 Å². The second-order valence-corrected chi connectivity index (χ2v) is 5.37. The number of ether oxygens (including phenoxy) is 2. The smallest absolute Gasteiger partial charge is 0.344 e. The lowest BCUT2D eigenvalue weighted by Gasteiger charge is -2.11. The van der Waals surface area contributed by atoms with Crippen LogP contribution in [0.5, 0.6) is 17.2 Å². The van der Waals surface area contributed by atoms with E-state index in [-0.39, 0.29) is 0 Å². The van der Waals surface area contributed by atoms with Crippen molar-refractivity contribution in [1.82, 2.24) is 0 Å². The molecule has 0 amide bonds. The molecule has 1 atom stereocenters. The van der Waals surface area contributed by atoms with Gasteiger partial charge in [-0.3, -0.25) is 0 Å². The number of benzene rings is 2. The van der Waals surface area contributed by atoms with E-state index in [9.17, 15) is 4.79 Å². The Balaban J connectivity index is 2.01. The van der Waals surface area contributed by atoms with Crippen LogP contribution in [0.15, 0.2) is 48.5 Å². The third kappa shape index (κ3) is 4.12. The van der Waals surface area contributed by atoms with Crippen LogP contribution in [-0.4, -0.2) is 17.2 Å². The highest BCUT2D eigenvalue weighted by atomic mass is 127. The first-order valence-corrected chi connectivity index (χ1v) is 7.05. The minimum Gasteiger partial charge on any atom is -0.479 e. The molecule has 1 N–H and O–H groups in total. The molecule has 5 heteroatoms. The Hall–Kier alpha value is -1.76. The fraction of sp³-hybridized carbons (Fsp3) is 0.133. The number of hydrogen-bond donors (Lipinski definition) is 1. The molecule has 0 aliphatic carbocycles. The lowest BCUT2D eigenvalue weighted by Crippen LogP contribution is -2.22. The summed E-state index contributed by atoms with van der Waals surface area (Å²) in [6, 6.07) is 14.5. The van der Waals surface area contributed by atoms with Crippen molar-refractivity contribution in [3.05, 3.63) is 52.1 Å². The maximum absolute atomic E-state index is 10.7. The highest BCUT2D eigenvalue weighted by Crippen LogP contribution is 2.24. The zero-order chi connectivity index (χ0) is 14.5. The number of rotatable bonds is 5. The van der Waals surface area contributed by atoms with Gasteiger partial charge in [0.2, 0.25) is 0 Å². The van der Waals surface area contributed by atoms with E-state index in [1.165, 1.54) is 6.92 Å². The Kier molecular flexibility index (Phi) is 4.84. The van der Waals surface area contributed by atoms with E-state index in [1.54, 1.807) is 24.3 Å². The van der Waals surface area contributed by atoms with Gasteiger partial charge < -0.3 is 14.6 Å². The summed E-state index contributed by atoms with van der Waals surface area (Å²) >= 11 is 2.23. The van der Waals surface area contributed by atoms with Crippen LogP contribution in [0.3, 0.4) is 0 Å². The van der Waals surface area contributed by atoms with Crippen molar-refractivity contribution in [3.63, 3.8) is 0 Å². The first-order valence-electron chi connectivity index (χ1n) is 5.97. The predicted molar refractivity (Wildman–Crippen MR) is 83.4 cm³/mol. The minimum absolute atomic E-state index is 0.495. The molecule has 0 saturated heterocycles. The van der Waals surface area contributed by atoms with Gasteiger partial charge >= 0.3 is 5.97 Å². The van der Waals surface area contributed by atoms with Gasteiger partial charge in [0.25, 0.3) is 0 Å². The predicted octanol–water partition coefficient (Wildman–Crippen LogP) is 3.94. The van der Waals surface area contributed by atoms with Crippen molar-refractivity contribution >= 4 is 28.6 Å². The molecule has 20 heavy (non-hydrogen) atoms. The monoisotopic (exact) mass is 384 g/mol. The normalized spacial score (nSPS) is 11.7. The molecule has 0 aliphatic rings. The van der Waals surface area contributed by atoms with Crippen molar-refractivity contribution in [1.29, 1.82) is 0 Å². The number of carbonyl (C=O) groups is 1. The molecule has 4 nitrogen and oxygen atoms in total. The average Bonchev–Trinajstić information content (AvgIpc) is 2.43. The molecule has 2 aromatic rings. The van der Waals surface area contributed by atoms with Gasteiger partial charge in [0.15, 0.2) is 6.10 Å². The molecule has 2 aromatic carbocycles. The summed E-state index contributed by atoms with van der Waals surface area (Å²) in [6.45, 7) is 1.48. The standard InChI is InChI=1S/C15H13IO4/c1-10(15(17)18)19-12-6-8-14(9-7-12)20-13-4-2-11(16)3-5-13/h2-10H,1H3,(H,17,18)/t10-/m1/s1. The van der Waals surface area contributed by atoms with Gasteiger partial charge in [-0.05, 0) is 78.0 Å². The molecule has 0 aliphatic heterocycles. The van der Waals surface area contributed by atoms with Crippen LogP contribution in [0.1, 0.15) is 6.92 Å². The van der Waals surface area contributed by atoms with Gasteiger partial charge in [-0.25, -0.2) is 4.79 Å². The highest BCUT2D eigenvalue weighted by molar-refractivity contribution is 14.1. The van der Waals surface area contributed by atoms with Crippen LogP contribution >= 0.6 is 22.6 Å². The Morgan fingerprint density at radius 1 is 1.00 bits per heavy atom. The molecule has 0 bridgehead atoms. The topological polar surface area (TPSA) is 55.8 Å². The number of hydrogen-bond acceptors (Lipinski definition) is 3. The summed E-state index contributed by atoms with van der Waals surface area (Å²) in [4.78, 5) is 10.7. The van der Waals surface area contributed by atoms with Crippen LogP contribution in [0.25, 0.3) is 0 Å². The Morgan fingerprint density at radius 3 is 1.95 bits per heavy atom. The molecule has 0 aromatic heterocycles. The quantitative estimate of drug-likeness (QED) is 0.794. The summed E-state index contributed by atoms with van der Waals surface area (Å²) in [7, 11) is 0. The molecule has 0 heterocycles. The van der Waals surface area contributed by atoms with E-state index < -0.39 is 12.1 Å².